The van der Waals surface area contributed by atoms with Gasteiger partial charge in [0.15, 0.2) is 6.10 Å². The van der Waals surface area contributed by atoms with E-state index in [-0.39, 0.29) is 11.6 Å². The van der Waals surface area contributed by atoms with E-state index in [9.17, 15) is 14.4 Å². The van der Waals surface area contributed by atoms with Crippen LogP contribution in [0.2, 0.25) is 0 Å². The number of nitriles is 1. The van der Waals surface area contributed by atoms with Gasteiger partial charge in [0.05, 0.1) is 17.2 Å². The molecule has 1 saturated carbocycles. The van der Waals surface area contributed by atoms with Gasteiger partial charge in [-0.15, -0.1) is 0 Å². The molecule has 2 rings (SSSR count). The fraction of sp³-hybridized carbons (Fsp3) is 0.444. The summed E-state index contributed by atoms with van der Waals surface area (Å²) in [5, 5.41) is 13.8. The molecule has 1 unspecified atom stereocenters. The number of imide groups is 1. The predicted molar refractivity (Wildman–Crippen MR) is 89.6 cm³/mol. The quantitative estimate of drug-likeness (QED) is 0.815. The number of hydrogen-bond acceptors (Lipinski definition) is 5. The molecular weight excluding hydrogens is 322 g/mol. The first kappa shape index (κ1) is 18.5. The minimum Gasteiger partial charge on any atom is -0.449 e. The SMILES string of the molecule is CC(OC(=O)c1cccc(C#N)c1)C(=O)NC(=O)NC1CCCCC1. The van der Waals surface area contributed by atoms with Crippen molar-refractivity contribution in [1.29, 1.82) is 5.26 Å². The molecule has 0 saturated heterocycles. The fourth-order valence-corrected chi connectivity index (χ4v) is 2.68. The summed E-state index contributed by atoms with van der Waals surface area (Å²) < 4.78 is 5.05. The van der Waals surface area contributed by atoms with Gasteiger partial charge < -0.3 is 10.1 Å². The number of nitrogens with one attached hydrogen (secondary N) is 2. The highest BCUT2D eigenvalue weighted by Crippen LogP contribution is 2.17. The second-order valence-corrected chi connectivity index (χ2v) is 6.04. The van der Waals surface area contributed by atoms with E-state index in [1.807, 2.05) is 6.07 Å². The van der Waals surface area contributed by atoms with Gasteiger partial charge in [0.1, 0.15) is 0 Å². The molecule has 1 atom stereocenters. The fourth-order valence-electron chi connectivity index (χ4n) is 2.68. The Morgan fingerprint density at radius 3 is 2.64 bits per heavy atom. The lowest BCUT2D eigenvalue weighted by atomic mass is 9.96. The maximum atomic E-state index is 12.0. The van der Waals surface area contributed by atoms with Gasteiger partial charge >= 0.3 is 12.0 Å². The van der Waals surface area contributed by atoms with Gasteiger partial charge in [-0.05, 0) is 38.0 Å². The Balaban J connectivity index is 1.83. The maximum Gasteiger partial charge on any atom is 0.338 e. The van der Waals surface area contributed by atoms with E-state index in [2.05, 4.69) is 10.6 Å². The molecule has 3 amide bonds. The van der Waals surface area contributed by atoms with Crippen LogP contribution in [0.5, 0.6) is 0 Å². The Bertz CT molecular complexity index is 690. The Morgan fingerprint density at radius 2 is 1.96 bits per heavy atom. The summed E-state index contributed by atoms with van der Waals surface area (Å²) >= 11 is 0. The molecule has 0 aromatic heterocycles. The summed E-state index contributed by atoms with van der Waals surface area (Å²) in [6.07, 6.45) is 3.97. The Hall–Kier alpha value is -2.88. The van der Waals surface area contributed by atoms with Gasteiger partial charge in [-0.3, -0.25) is 10.1 Å². The van der Waals surface area contributed by atoms with Crippen LogP contribution in [-0.2, 0) is 9.53 Å². The summed E-state index contributed by atoms with van der Waals surface area (Å²) in [6.45, 7) is 1.38. The van der Waals surface area contributed by atoms with E-state index in [4.69, 9.17) is 10.00 Å². The van der Waals surface area contributed by atoms with Crippen molar-refractivity contribution in [1.82, 2.24) is 10.6 Å². The maximum absolute atomic E-state index is 12.0. The molecule has 132 valence electrons. The lowest BCUT2D eigenvalue weighted by Crippen LogP contribution is -2.48. The van der Waals surface area contributed by atoms with Crippen molar-refractivity contribution >= 4 is 17.9 Å². The average molecular weight is 343 g/mol. The highest BCUT2D eigenvalue weighted by atomic mass is 16.5. The predicted octanol–water partition coefficient (Wildman–Crippen LogP) is 2.26. The van der Waals surface area contributed by atoms with Gasteiger partial charge in [0.25, 0.3) is 5.91 Å². The van der Waals surface area contributed by atoms with Crippen LogP contribution in [0.4, 0.5) is 4.79 Å². The van der Waals surface area contributed by atoms with Crippen LogP contribution in [0.15, 0.2) is 24.3 Å². The third-order valence-electron chi connectivity index (χ3n) is 4.06. The van der Waals surface area contributed by atoms with Crippen molar-refractivity contribution in [2.24, 2.45) is 0 Å². The van der Waals surface area contributed by atoms with E-state index in [1.165, 1.54) is 25.5 Å². The van der Waals surface area contributed by atoms with Crippen molar-refractivity contribution < 1.29 is 19.1 Å². The molecular formula is C18H21N3O4. The zero-order chi connectivity index (χ0) is 18.2. The second-order valence-electron chi connectivity index (χ2n) is 6.04. The summed E-state index contributed by atoms with van der Waals surface area (Å²) in [5.74, 6) is -1.43. The molecule has 1 aromatic rings. The van der Waals surface area contributed by atoms with Crippen LogP contribution in [0, 0.1) is 11.3 Å². The van der Waals surface area contributed by atoms with Gasteiger partial charge in [-0.25, -0.2) is 9.59 Å². The molecule has 1 aliphatic rings. The van der Waals surface area contributed by atoms with Crippen molar-refractivity contribution in [3.8, 4) is 6.07 Å². The number of hydrogen-bond donors (Lipinski definition) is 2. The third kappa shape index (κ3) is 5.60. The molecule has 1 aromatic carbocycles. The van der Waals surface area contributed by atoms with Gasteiger partial charge in [-0.1, -0.05) is 25.3 Å². The Labute approximate surface area is 146 Å². The summed E-state index contributed by atoms with van der Waals surface area (Å²) in [4.78, 5) is 35.8. The van der Waals surface area contributed by atoms with Gasteiger partial charge in [0, 0.05) is 6.04 Å². The Morgan fingerprint density at radius 1 is 1.24 bits per heavy atom. The standard InChI is InChI=1S/C18H21N3O4/c1-12(25-17(23)14-7-5-6-13(10-14)11-19)16(22)21-18(24)20-15-8-3-2-4-9-15/h5-7,10,12,15H,2-4,8-9H2,1H3,(H2,20,21,22,24). The number of carbonyl (C=O) groups excluding carboxylic acids is 3. The van der Waals surface area contributed by atoms with E-state index in [1.54, 1.807) is 12.1 Å². The third-order valence-corrected chi connectivity index (χ3v) is 4.06. The first-order chi connectivity index (χ1) is 12.0. The normalized spacial score (nSPS) is 15.5. The van der Waals surface area contributed by atoms with Crippen molar-refractivity contribution in [2.75, 3.05) is 0 Å². The zero-order valence-corrected chi connectivity index (χ0v) is 14.1. The molecule has 7 heteroatoms. The first-order valence-corrected chi connectivity index (χ1v) is 8.32. The molecule has 0 bridgehead atoms. The number of nitrogens with zero attached hydrogens (tertiary/aromatic N) is 1. The second kappa shape index (κ2) is 8.83. The van der Waals surface area contributed by atoms with Crippen LogP contribution in [-0.4, -0.2) is 30.1 Å². The number of ether oxygens (including phenoxy) is 1. The lowest BCUT2D eigenvalue weighted by molar-refractivity contribution is -0.127. The van der Waals surface area contributed by atoms with Crippen LogP contribution < -0.4 is 10.6 Å². The summed E-state index contributed by atoms with van der Waals surface area (Å²) in [6, 6.07) is 7.40. The molecule has 0 heterocycles. The minimum absolute atomic E-state index is 0.0770. The van der Waals surface area contributed by atoms with Gasteiger partial charge in [-0.2, -0.15) is 5.26 Å². The summed E-state index contributed by atoms with van der Waals surface area (Å²) in [5.41, 5.74) is 0.490. The highest BCUT2D eigenvalue weighted by molar-refractivity contribution is 5.98. The van der Waals surface area contributed by atoms with Crippen LogP contribution in [0.1, 0.15) is 54.9 Å². The van der Waals surface area contributed by atoms with Crippen molar-refractivity contribution in [2.45, 2.75) is 51.2 Å². The molecule has 0 aliphatic heterocycles. The number of urea groups is 1. The zero-order valence-electron chi connectivity index (χ0n) is 14.1. The topological polar surface area (TPSA) is 108 Å². The lowest BCUT2D eigenvalue weighted by Gasteiger charge is -2.23. The number of rotatable bonds is 4. The van der Waals surface area contributed by atoms with E-state index >= 15 is 0 Å². The molecule has 2 N–H and O–H groups in total. The Kier molecular flexibility index (Phi) is 6.52. The van der Waals surface area contributed by atoms with E-state index in [0.717, 1.165) is 25.7 Å². The van der Waals surface area contributed by atoms with Crippen molar-refractivity contribution in [3.63, 3.8) is 0 Å². The van der Waals surface area contributed by atoms with Crippen LogP contribution in [0.25, 0.3) is 0 Å². The van der Waals surface area contributed by atoms with E-state index < -0.39 is 24.0 Å². The molecule has 0 spiro atoms. The number of carbonyl (C=O) groups is 3. The van der Waals surface area contributed by atoms with E-state index in [0.29, 0.717) is 5.56 Å². The first-order valence-electron chi connectivity index (χ1n) is 8.32. The highest BCUT2D eigenvalue weighted by Gasteiger charge is 2.22. The average Bonchev–Trinajstić information content (AvgIpc) is 2.62. The van der Waals surface area contributed by atoms with Crippen LogP contribution >= 0.6 is 0 Å². The monoisotopic (exact) mass is 343 g/mol. The molecule has 0 radical (unpaired) electrons. The molecule has 1 aliphatic carbocycles. The molecule has 7 nitrogen and oxygen atoms in total. The summed E-state index contributed by atoms with van der Waals surface area (Å²) in [7, 11) is 0. The number of benzene rings is 1. The molecule has 25 heavy (non-hydrogen) atoms. The molecule has 1 fully saturated rings. The smallest absolute Gasteiger partial charge is 0.338 e. The number of esters is 1. The minimum atomic E-state index is -1.13. The number of amides is 3. The largest absolute Gasteiger partial charge is 0.449 e. The van der Waals surface area contributed by atoms with Crippen molar-refractivity contribution in [3.05, 3.63) is 35.4 Å². The van der Waals surface area contributed by atoms with Gasteiger partial charge in [0.2, 0.25) is 0 Å². The van der Waals surface area contributed by atoms with Crippen LogP contribution in [0.3, 0.4) is 0 Å².